The van der Waals surface area contributed by atoms with Crippen molar-refractivity contribution >= 4 is 0 Å². The van der Waals surface area contributed by atoms with Crippen molar-refractivity contribution in [2.75, 3.05) is 20.3 Å². The first-order chi connectivity index (χ1) is 6.98. The van der Waals surface area contributed by atoms with Gasteiger partial charge in [0.2, 0.25) is 0 Å². The number of ether oxygens (including phenoxy) is 1. The van der Waals surface area contributed by atoms with Gasteiger partial charge >= 0.3 is 0 Å². The van der Waals surface area contributed by atoms with Crippen LogP contribution in [0.5, 0.6) is 0 Å². The third-order valence-corrected chi connectivity index (χ3v) is 4.80. The quantitative estimate of drug-likeness (QED) is 0.709. The fraction of sp³-hybridized carbons (Fsp3) is 1.00. The first kappa shape index (κ1) is 13.0. The summed E-state index contributed by atoms with van der Waals surface area (Å²) >= 11 is 0. The van der Waals surface area contributed by atoms with Gasteiger partial charge in [0.15, 0.2) is 0 Å². The topological polar surface area (TPSA) is 21.3 Å². The van der Waals surface area contributed by atoms with E-state index in [1.807, 2.05) is 0 Å². The van der Waals surface area contributed by atoms with Crippen molar-refractivity contribution in [2.24, 2.45) is 11.3 Å². The van der Waals surface area contributed by atoms with E-state index in [4.69, 9.17) is 4.74 Å². The van der Waals surface area contributed by atoms with Crippen molar-refractivity contribution in [2.45, 2.75) is 52.5 Å². The van der Waals surface area contributed by atoms with Gasteiger partial charge in [-0.1, -0.05) is 13.8 Å². The van der Waals surface area contributed by atoms with Crippen LogP contribution in [0.1, 0.15) is 47.0 Å². The van der Waals surface area contributed by atoms with E-state index in [0.717, 1.165) is 19.1 Å². The predicted molar refractivity (Wildman–Crippen MR) is 65.1 cm³/mol. The van der Waals surface area contributed by atoms with Crippen molar-refractivity contribution in [3.05, 3.63) is 0 Å². The molecule has 0 saturated heterocycles. The third-order valence-electron chi connectivity index (χ3n) is 4.80. The van der Waals surface area contributed by atoms with E-state index in [1.165, 1.54) is 19.3 Å². The van der Waals surface area contributed by atoms with Crippen LogP contribution in [0.3, 0.4) is 0 Å². The van der Waals surface area contributed by atoms with Crippen LogP contribution in [-0.4, -0.2) is 25.8 Å². The minimum absolute atomic E-state index is 0.296. The Hall–Kier alpha value is -0.0800. The molecule has 2 unspecified atom stereocenters. The van der Waals surface area contributed by atoms with Gasteiger partial charge in [0.1, 0.15) is 0 Å². The molecule has 2 heteroatoms. The second-order valence-corrected chi connectivity index (χ2v) is 5.52. The molecule has 1 fully saturated rings. The van der Waals surface area contributed by atoms with Gasteiger partial charge < -0.3 is 10.1 Å². The lowest BCUT2D eigenvalue weighted by molar-refractivity contribution is 0.0851. The van der Waals surface area contributed by atoms with Crippen LogP contribution < -0.4 is 5.32 Å². The van der Waals surface area contributed by atoms with Gasteiger partial charge in [-0.05, 0) is 51.5 Å². The zero-order valence-corrected chi connectivity index (χ0v) is 11.0. The summed E-state index contributed by atoms with van der Waals surface area (Å²) in [6.07, 6.45) is 3.82. The Bertz CT molecular complexity index is 203. The summed E-state index contributed by atoms with van der Waals surface area (Å²) in [6.45, 7) is 11.0. The molecule has 0 heterocycles. The smallest absolute Gasteiger partial charge is 0.0468 e. The zero-order valence-electron chi connectivity index (χ0n) is 11.0. The Labute approximate surface area is 94.8 Å². The molecule has 1 N–H and O–H groups in total. The SMILES string of the molecule is CCOCCC1CCC(C)(NC)C1(C)C. The minimum Gasteiger partial charge on any atom is -0.382 e. The fourth-order valence-corrected chi connectivity index (χ4v) is 2.92. The second kappa shape index (κ2) is 4.84. The normalized spacial score (nSPS) is 34.6. The monoisotopic (exact) mass is 213 g/mol. The van der Waals surface area contributed by atoms with Crippen LogP contribution in [0.25, 0.3) is 0 Å². The number of nitrogens with one attached hydrogen (secondary N) is 1. The van der Waals surface area contributed by atoms with E-state index in [2.05, 4.69) is 40.1 Å². The van der Waals surface area contributed by atoms with Crippen LogP contribution in [0.4, 0.5) is 0 Å². The van der Waals surface area contributed by atoms with E-state index in [0.29, 0.717) is 11.0 Å². The van der Waals surface area contributed by atoms with Gasteiger partial charge in [0, 0.05) is 18.8 Å². The zero-order chi connectivity index (χ0) is 11.5. The molecule has 2 nitrogen and oxygen atoms in total. The van der Waals surface area contributed by atoms with E-state index < -0.39 is 0 Å². The number of rotatable bonds is 5. The first-order valence-corrected chi connectivity index (χ1v) is 6.24. The lowest BCUT2D eigenvalue weighted by atomic mass is 9.70. The van der Waals surface area contributed by atoms with Gasteiger partial charge in [0.25, 0.3) is 0 Å². The summed E-state index contributed by atoms with van der Waals surface area (Å²) in [4.78, 5) is 0. The summed E-state index contributed by atoms with van der Waals surface area (Å²) in [6, 6.07) is 0. The summed E-state index contributed by atoms with van der Waals surface area (Å²) in [5.41, 5.74) is 0.669. The highest BCUT2D eigenvalue weighted by Crippen LogP contribution is 2.51. The van der Waals surface area contributed by atoms with Crippen molar-refractivity contribution in [1.29, 1.82) is 0 Å². The molecule has 1 rings (SSSR count). The van der Waals surface area contributed by atoms with E-state index >= 15 is 0 Å². The largest absolute Gasteiger partial charge is 0.382 e. The van der Waals surface area contributed by atoms with Crippen molar-refractivity contribution in [3.63, 3.8) is 0 Å². The summed E-state index contributed by atoms with van der Waals surface area (Å²) in [5.74, 6) is 0.793. The summed E-state index contributed by atoms with van der Waals surface area (Å²) in [7, 11) is 2.09. The molecule has 0 bridgehead atoms. The highest BCUT2D eigenvalue weighted by atomic mass is 16.5. The molecule has 0 aliphatic heterocycles. The average molecular weight is 213 g/mol. The maximum atomic E-state index is 5.47. The first-order valence-electron chi connectivity index (χ1n) is 6.24. The molecule has 0 amide bonds. The van der Waals surface area contributed by atoms with Gasteiger partial charge in [-0.25, -0.2) is 0 Å². The highest BCUT2D eigenvalue weighted by Gasteiger charge is 2.49. The molecular formula is C13H27NO. The average Bonchev–Trinajstić information content (AvgIpc) is 2.42. The molecule has 0 spiro atoms. The predicted octanol–water partition coefficient (Wildman–Crippen LogP) is 2.83. The molecule has 0 radical (unpaired) electrons. The van der Waals surface area contributed by atoms with E-state index in [1.54, 1.807) is 0 Å². The Kier molecular flexibility index (Phi) is 4.19. The molecule has 90 valence electrons. The van der Waals surface area contributed by atoms with Crippen molar-refractivity contribution in [3.8, 4) is 0 Å². The van der Waals surface area contributed by atoms with Crippen LogP contribution in [-0.2, 0) is 4.74 Å². The molecular weight excluding hydrogens is 186 g/mol. The molecule has 0 aromatic heterocycles. The molecule has 1 saturated carbocycles. The Morgan fingerprint density at radius 2 is 2.00 bits per heavy atom. The van der Waals surface area contributed by atoms with Crippen molar-refractivity contribution in [1.82, 2.24) is 5.32 Å². The number of hydrogen-bond donors (Lipinski definition) is 1. The van der Waals surface area contributed by atoms with Gasteiger partial charge in [0.05, 0.1) is 0 Å². The van der Waals surface area contributed by atoms with Crippen LogP contribution in [0.2, 0.25) is 0 Å². The van der Waals surface area contributed by atoms with Gasteiger partial charge in [-0.15, -0.1) is 0 Å². The lowest BCUT2D eigenvalue weighted by Crippen LogP contribution is -2.50. The van der Waals surface area contributed by atoms with Crippen LogP contribution >= 0.6 is 0 Å². The molecule has 0 aromatic rings. The fourth-order valence-electron chi connectivity index (χ4n) is 2.92. The molecule has 1 aliphatic rings. The maximum Gasteiger partial charge on any atom is 0.0468 e. The lowest BCUT2D eigenvalue weighted by Gasteiger charge is -2.42. The Morgan fingerprint density at radius 1 is 1.33 bits per heavy atom. The molecule has 2 atom stereocenters. The van der Waals surface area contributed by atoms with Crippen LogP contribution in [0, 0.1) is 11.3 Å². The molecule has 1 aliphatic carbocycles. The highest BCUT2D eigenvalue weighted by molar-refractivity contribution is 5.05. The Balaban J connectivity index is 2.55. The Morgan fingerprint density at radius 3 is 2.47 bits per heavy atom. The van der Waals surface area contributed by atoms with Crippen LogP contribution in [0.15, 0.2) is 0 Å². The summed E-state index contributed by atoms with van der Waals surface area (Å²) < 4.78 is 5.47. The second-order valence-electron chi connectivity index (χ2n) is 5.52. The van der Waals surface area contributed by atoms with Gasteiger partial charge in [-0.2, -0.15) is 0 Å². The van der Waals surface area contributed by atoms with Crippen molar-refractivity contribution < 1.29 is 4.74 Å². The van der Waals surface area contributed by atoms with Gasteiger partial charge in [-0.3, -0.25) is 0 Å². The van der Waals surface area contributed by atoms with E-state index in [9.17, 15) is 0 Å². The summed E-state index contributed by atoms with van der Waals surface area (Å²) in [5, 5.41) is 3.51. The molecule has 15 heavy (non-hydrogen) atoms. The molecule has 0 aromatic carbocycles. The standard InChI is InChI=1S/C13H27NO/c1-6-15-10-8-11-7-9-13(4,14-5)12(11,2)3/h11,14H,6-10H2,1-5H3. The maximum absolute atomic E-state index is 5.47. The third kappa shape index (κ3) is 2.36. The minimum atomic E-state index is 0.296. The van der Waals surface area contributed by atoms with E-state index in [-0.39, 0.29) is 0 Å². The number of hydrogen-bond acceptors (Lipinski definition) is 2.